The number of hydrogen-bond donors (Lipinski definition) is 1. The number of benzene rings is 1. The van der Waals surface area contributed by atoms with Crippen LogP contribution < -0.4 is 5.73 Å². The third-order valence-electron chi connectivity index (χ3n) is 3.68. The summed E-state index contributed by atoms with van der Waals surface area (Å²) in [6, 6.07) is 8.37. The number of carbonyl (C=O) groups excluding carboxylic acids is 1. The highest BCUT2D eigenvalue weighted by molar-refractivity contribution is 5.76. The van der Waals surface area contributed by atoms with Crippen molar-refractivity contribution in [3.8, 4) is 0 Å². The third-order valence-corrected chi connectivity index (χ3v) is 3.68. The summed E-state index contributed by atoms with van der Waals surface area (Å²) in [5.74, 6) is 0.778. The van der Waals surface area contributed by atoms with Crippen molar-refractivity contribution in [2.24, 2.45) is 11.7 Å². The average Bonchev–Trinajstić information content (AvgIpc) is 2.85. The van der Waals surface area contributed by atoms with Gasteiger partial charge in [-0.3, -0.25) is 4.79 Å². The van der Waals surface area contributed by atoms with Crippen LogP contribution in [0.4, 0.5) is 0 Å². The molecule has 1 saturated heterocycles. The van der Waals surface area contributed by atoms with Gasteiger partial charge in [-0.25, -0.2) is 0 Å². The number of likely N-dealkylation sites (tertiary alicyclic amines) is 1. The lowest BCUT2D eigenvalue weighted by atomic mass is 10.1. The fourth-order valence-corrected chi connectivity index (χ4v) is 2.53. The predicted octanol–water partition coefficient (Wildman–Crippen LogP) is 1.73. The predicted molar refractivity (Wildman–Crippen MR) is 73.2 cm³/mol. The van der Waals surface area contributed by atoms with Crippen LogP contribution in [0.1, 0.15) is 24.0 Å². The maximum atomic E-state index is 12.1. The van der Waals surface area contributed by atoms with Crippen LogP contribution in [-0.4, -0.2) is 30.4 Å². The van der Waals surface area contributed by atoms with Crippen molar-refractivity contribution in [2.45, 2.75) is 26.2 Å². The Hall–Kier alpha value is -1.35. The molecule has 1 aromatic rings. The van der Waals surface area contributed by atoms with Gasteiger partial charge >= 0.3 is 0 Å². The molecule has 2 N–H and O–H groups in total. The largest absolute Gasteiger partial charge is 0.342 e. The van der Waals surface area contributed by atoms with E-state index in [0.29, 0.717) is 18.9 Å². The van der Waals surface area contributed by atoms with Gasteiger partial charge in [-0.2, -0.15) is 0 Å². The molecule has 1 unspecified atom stereocenters. The molecule has 98 valence electrons. The molecule has 0 aliphatic carbocycles. The molecule has 1 heterocycles. The van der Waals surface area contributed by atoms with Crippen molar-refractivity contribution >= 4 is 5.91 Å². The molecule has 2 rings (SSSR count). The van der Waals surface area contributed by atoms with E-state index >= 15 is 0 Å². The summed E-state index contributed by atoms with van der Waals surface area (Å²) in [6.07, 6.45) is 2.51. The quantitative estimate of drug-likeness (QED) is 0.879. The highest BCUT2D eigenvalue weighted by Gasteiger charge is 2.24. The summed E-state index contributed by atoms with van der Waals surface area (Å²) in [5, 5.41) is 0. The standard InChI is InChI=1S/C15H22N2O/c1-12-3-2-4-13(9-12)5-6-15(18)17-8-7-14(10-16)11-17/h2-4,9,14H,5-8,10-11,16H2,1H3. The first-order chi connectivity index (χ1) is 8.69. The average molecular weight is 246 g/mol. The molecule has 1 aliphatic heterocycles. The maximum absolute atomic E-state index is 12.1. The molecule has 0 spiro atoms. The van der Waals surface area contributed by atoms with Crippen molar-refractivity contribution in [3.05, 3.63) is 35.4 Å². The van der Waals surface area contributed by atoms with E-state index < -0.39 is 0 Å². The molecule has 1 aromatic carbocycles. The van der Waals surface area contributed by atoms with Gasteiger partial charge in [-0.05, 0) is 37.8 Å². The molecule has 1 aliphatic rings. The highest BCUT2D eigenvalue weighted by atomic mass is 16.2. The Kier molecular flexibility index (Phi) is 4.37. The van der Waals surface area contributed by atoms with E-state index in [0.717, 1.165) is 25.9 Å². The molecule has 18 heavy (non-hydrogen) atoms. The summed E-state index contributed by atoms with van der Waals surface area (Å²) in [5.41, 5.74) is 8.14. The van der Waals surface area contributed by atoms with Crippen molar-refractivity contribution in [3.63, 3.8) is 0 Å². The van der Waals surface area contributed by atoms with Gasteiger partial charge in [0.1, 0.15) is 0 Å². The molecular formula is C15H22N2O. The Balaban J connectivity index is 1.82. The van der Waals surface area contributed by atoms with Gasteiger partial charge in [-0.1, -0.05) is 29.8 Å². The van der Waals surface area contributed by atoms with Gasteiger partial charge in [0, 0.05) is 19.5 Å². The zero-order valence-corrected chi connectivity index (χ0v) is 11.1. The second-order valence-electron chi connectivity index (χ2n) is 5.22. The second-order valence-corrected chi connectivity index (χ2v) is 5.22. The Labute approximate surface area is 109 Å². The fraction of sp³-hybridized carbons (Fsp3) is 0.533. The summed E-state index contributed by atoms with van der Waals surface area (Å²) in [4.78, 5) is 14.0. The minimum Gasteiger partial charge on any atom is -0.342 e. The maximum Gasteiger partial charge on any atom is 0.222 e. The first-order valence-corrected chi connectivity index (χ1v) is 6.72. The van der Waals surface area contributed by atoms with Crippen LogP contribution in [0.25, 0.3) is 0 Å². The normalized spacial score (nSPS) is 19.2. The Morgan fingerprint density at radius 3 is 3.00 bits per heavy atom. The van der Waals surface area contributed by atoms with Crippen molar-refractivity contribution in [1.29, 1.82) is 0 Å². The van der Waals surface area contributed by atoms with Crippen molar-refractivity contribution in [2.75, 3.05) is 19.6 Å². The lowest BCUT2D eigenvalue weighted by Gasteiger charge is -2.16. The van der Waals surface area contributed by atoms with E-state index in [1.165, 1.54) is 11.1 Å². The van der Waals surface area contributed by atoms with Gasteiger partial charge in [-0.15, -0.1) is 0 Å². The van der Waals surface area contributed by atoms with Gasteiger partial charge in [0.2, 0.25) is 5.91 Å². The zero-order chi connectivity index (χ0) is 13.0. The lowest BCUT2D eigenvalue weighted by Crippen LogP contribution is -2.30. The van der Waals surface area contributed by atoms with E-state index in [9.17, 15) is 4.79 Å². The lowest BCUT2D eigenvalue weighted by molar-refractivity contribution is -0.130. The molecule has 0 radical (unpaired) electrons. The van der Waals surface area contributed by atoms with Crippen LogP contribution in [0.2, 0.25) is 0 Å². The van der Waals surface area contributed by atoms with Crippen LogP contribution >= 0.6 is 0 Å². The van der Waals surface area contributed by atoms with Gasteiger partial charge in [0.25, 0.3) is 0 Å². The molecule has 0 saturated carbocycles. The summed E-state index contributed by atoms with van der Waals surface area (Å²) >= 11 is 0. The highest BCUT2D eigenvalue weighted by Crippen LogP contribution is 2.16. The Morgan fingerprint density at radius 1 is 1.50 bits per heavy atom. The Morgan fingerprint density at radius 2 is 2.33 bits per heavy atom. The number of amides is 1. The first kappa shape index (κ1) is 13.1. The second kappa shape index (κ2) is 6.01. The van der Waals surface area contributed by atoms with Gasteiger partial charge in [0.15, 0.2) is 0 Å². The van der Waals surface area contributed by atoms with Crippen molar-refractivity contribution in [1.82, 2.24) is 4.90 Å². The first-order valence-electron chi connectivity index (χ1n) is 6.72. The SMILES string of the molecule is Cc1cccc(CCC(=O)N2CCC(CN)C2)c1. The number of carbonyl (C=O) groups is 1. The molecule has 3 nitrogen and oxygen atoms in total. The van der Waals surface area contributed by atoms with Crippen LogP contribution in [0.15, 0.2) is 24.3 Å². The van der Waals surface area contributed by atoms with Crippen LogP contribution in [-0.2, 0) is 11.2 Å². The molecular weight excluding hydrogens is 224 g/mol. The number of aryl methyl sites for hydroxylation is 2. The van der Waals surface area contributed by atoms with E-state index in [1.807, 2.05) is 4.90 Å². The molecule has 0 aromatic heterocycles. The van der Waals surface area contributed by atoms with E-state index in [4.69, 9.17) is 5.73 Å². The fourth-order valence-electron chi connectivity index (χ4n) is 2.53. The Bertz CT molecular complexity index is 417. The summed E-state index contributed by atoms with van der Waals surface area (Å²) in [6.45, 7) is 4.51. The molecule has 3 heteroatoms. The minimum absolute atomic E-state index is 0.271. The number of nitrogens with two attached hydrogens (primary N) is 1. The molecule has 0 bridgehead atoms. The number of nitrogens with zero attached hydrogens (tertiary/aromatic N) is 1. The van der Waals surface area contributed by atoms with Gasteiger partial charge < -0.3 is 10.6 Å². The number of hydrogen-bond acceptors (Lipinski definition) is 2. The topological polar surface area (TPSA) is 46.3 Å². The molecule has 1 atom stereocenters. The van der Waals surface area contributed by atoms with E-state index in [-0.39, 0.29) is 5.91 Å². The third kappa shape index (κ3) is 3.33. The zero-order valence-electron chi connectivity index (χ0n) is 11.1. The summed E-state index contributed by atoms with van der Waals surface area (Å²) < 4.78 is 0. The smallest absolute Gasteiger partial charge is 0.222 e. The van der Waals surface area contributed by atoms with Crippen LogP contribution in [0.3, 0.4) is 0 Å². The minimum atomic E-state index is 0.271. The van der Waals surface area contributed by atoms with Gasteiger partial charge in [0.05, 0.1) is 0 Å². The monoisotopic (exact) mass is 246 g/mol. The molecule has 1 fully saturated rings. The van der Waals surface area contributed by atoms with E-state index in [2.05, 4.69) is 31.2 Å². The molecule has 1 amide bonds. The summed E-state index contributed by atoms with van der Waals surface area (Å²) in [7, 11) is 0. The van der Waals surface area contributed by atoms with Crippen LogP contribution in [0.5, 0.6) is 0 Å². The number of rotatable bonds is 4. The van der Waals surface area contributed by atoms with Crippen molar-refractivity contribution < 1.29 is 4.79 Å². The van der Waals surface area contributed by atoms with E-state index in [1.54, 1.807) is 0 Å². The van der Waals surface area contributed by atoms with Crippen LogP contribution in [0, 0.1) is 12.8 Å².